The van der Waals surface area contributed by atoms with Gasteiger partial charge in [0.1, 0.15) is 0 Å². The second kappa shape index (κ2) is 13.0. The first-order valence-corrected chi connectivity index (χ1v) is 11.9. The zero-order chi connectivity index (χ0) is 24.3. The lowest BCUT2D eigenvalue weighted by atomic mass is 9.95. The van der Waals surface area contributed by atoms with E-state index in [9.17, 15) is 14.4 Å². The predicted octanol–water partition coefficient (Wildman–Crippen LogP) is 3.83. The van der Waals surface area contributed by atoms with Gasteiger partial charge in [-0.05, 0) is 49.2 Å². The lowest BCUT2D eigenvalue weighted by molar-refractivity contribution is -0.114. The summed E-state index contributed by atoms with van der Waals surface area (Å²) in [6, 6.07) is 11.9. The maximum atomic E-state index is 12.7. The van der Waals surface area contributed by atoms with E-state index in [0.29, 0.717) is 40.7 Å². The van der Waals surface area contributed by atoms with Gasteiger partial charge in [-0.1, -0.05) is 36.9 Å². The smallest absolute Gasteiger partial charge is 0.253 e. The normalized spacial score (nSPS) is 13.7. The summed E-state index contributed by atoms with van der Waals surface area (Å²) in [5.74, 6) is -0.743. The average Bonchev–Trinajstić information content (AvgIpc) is 2.85. The number of nitrogens with one attached hydrogen (secondary N) is 4. The van der Waals surface area contributed by atoms with Crippen molar-refractivity contribution in [2.45, 2.75) is 38.1 Å². The van der Waals surface area contributed by atoms with E-state index in [1.165, 1.54) is 6.42 Å². The lowest BCUT2D eigenvalue weighted by Crippen LogP contribution is -2.36. The molecule has 1 saturated carbocycles. The highest BCUT2D eigenvalue weighted by Gasteiger charge is 2.19. The van der Waals surface area contributed by atoms with Gasteiger partial charge in [-0.25, -0.2) is 0 Å². The number of hydrogen-bond acceptors (Lipinski definition) is 5. The molecule has 0 atom stereocenters. The zero-order valence-corrected chi connectivity index (χ0v) is 20.0. The Kier molecular flexibility index (Phi) is 9.73. The molecule has 0 radical (unpaired) electrons. The van der Waals surface area contributed by atoms with Gasteiger partial charge < -0.3 is 26.0 Å². The number of hydrogen-bond donors (Lipinski definition) is 4. The lowest BCUT2D eigenvalue weighted by Gasteiger charge is -2.23. The van der Waals surface area contributed by atoms with Crippen LogP contribution in [0.2, 0.25) is 5.02 Å². The average molecular weight is 487 g/mol. The summed E-state index contributed by atoms with van der Waals surface area (Å²) in [6.07, 6.45) is 5.38. The Labute approximate surface area is 204 Å². The van der Waals surface area contributed by atoms with Crippen LogP contribution in [-0.2, 0) is 9.53 Å². The van der Waals surface area contributed by atoms with Crippen molar-refractivity contribution < 1.29 is 19.1 Å². The second-order valence-corrected chi connectivity index (χ2v) is 8.64. The van der Waals surface area contributed by atoms with Crippen LogP contribution in [0.15, 0.2) is 42.5 Å². The Morgan fingerprint density at radius 2 is 1.79 bits per heavy atom. The summed E-state index contributed by atoms with van der Waals surface area (Å²) in [5, 5.41) is 11.9. The van der Waals surface area contributed by atoms with Crippen molar-refractivity contribution in [1.29, 1.82) is 0 Å². The van der Waals surface area contributed by atoms with E-state index in [1.54, 1.807) is 49.6 Å². The molecule has 2 aromatic rings. The van der Waals surface area contributed by atoms with Gasteiger partial charge in [-0.15, -0.1) is 0 Å². The summed E-state index contributed by atoms with van der Waals surface area (Å²) in [5.41, 5.74) is 1.94. The molecule has 9 heteroatoms. The van der Waals surface area contributed by atoms with Gasteiger partial charge in [0.2, 0.25) is 5.91 Å². The zero-order valence-electron chi connectivity index (χ0n) is 19.3. The quantitative estimate of drug-likeness (QED) is 0.382. The van der Waals surface area contributed by atoms with Crippen LogP contribution in [0.3, 0.4) is 0 Å². The Morgan fingerprint density at radius 1 is 1.00 bits per heavy atom. The van der Waals surface area contributed by atoms with E-state index < -0.39 is 0 Å². The van der Waals surface area contributed by atoms with E-state index in [1.807, 2.05) is 0 Å². The number of methoxy groups -OCH3 is 1. The SMILES string of the molecule is COCCNC(=O)c1cccc(NCC(=O)Nc2ccc(Cl)c(C(=O)NC3CCCCC3)c2)c1. The summed E-state index contributed by atoms with van der Waals surface area (Å²) in [6.45, 7) is 0.830. The number of carbonyl (C=O) groups is 3. The van der Waals surface area contributed by atoms with E-state index in [4.69, 9.17) is 16.3 Å². The first-order valence-electron chi connectivity index (χ1n) is 11.5. The highest BCUT2D eigenvalue weighted by Crippen LogP contribution is 2.23. The van der Waals surface area contributed by atoms with Crippen molar-refractivity contribution in [2.24, 2.45) is 0 Å². The minimum absolute atomic E-state index is 0.0129. The molecule has 1 aliphatic carbocycles. The fraction of sp³-hybridized carbons (Fsp3) is 0.400. The van der Waals surface area contributed by atoms with Gasteiger partial charge >= 0.3 is 0 Å². The van der Waals surface area contributed by atoms with Crippen LogP contribution in [-0.4, -0.2) is 50.6 Å². The van der Waals surface area contributed by atoms with Gasteiger partial charge in [0.15, 0.2) is 0 Å². The van der Waals surface area contributed by atoms with E-state index >= 15 is 0 Å². The number of carbonyl (C=O) groups excluding carboxylic acids is 3. The molecule has 34 heavy (non-hydrogen) atoms. The highest BCUT2D eigenvalue weighted by molar-refractivity contribution is 6.34. The van der Waals surface area contributed by atoms with E-state index in [2.05, 4.69) is 21.3 Å². The fourth-order valence-corrected chi connectivity index (χ4v) is 4.02. The van der Waals surface area contributed by atoms with Crippen molar-refractivity contribution in [3.63, 3.8) is 0 Å². The topological polar surface area (TPSA) is 109 Å². The van der Waals surface area contributed by atoms with Gasteiger partial charge in [-0.3, -0.25) is 14.4 Å². The molecule has 0 saturated heterocycles. The van der Waals surface area contributed by atoms with Crippen LogP contribution in [0.1, 0.15) is 52.8 Å². The van der Waals surface area contributed by atoms with Crippen molar-refractivity contribution in [3.05, 3.63) is 58.6 Å². The van der Waals surface area contributed by atoms with Crippen LogP contribution in [0, 0.1) is 0 Å². The van der Waals surface area contributed by atoms with Crippen LogP contribution >= 0.6 is 11.6 Å². The fourth-order valence-electron chi connectivity index (χ4n) is 3.81. The molecule has 0 bridgehead atoms. The van der Waals surface area contributed by atoms with Crippen molar-refractivity contribution >= 4 is 40.7 Å². The van der Waals surface area contributed by atoms with Gasteiger partial charge in [0, 0.05) is 36.6 Å². The standard InChI is InChI=1S/C25H31ClN4O4/c1-34-13-12-27-24(32)17-6-5-9-19(14-17)28-16-23(31)29-20-10-11-22(26)21(15-20)25(33)30-18-7-3-2-4-8-18/h5-6,9-11,14-15,18,28H,2-4,7-8,12-13,16H2,1H3,(H,27,32)(H,29,31)(H,30,33). The number of rotatable bonds is 10. The molecule has 1 aliphatic rings. The highest BCUT2D eigenvalue weighted by atomic mass is 35.5. The van der Waals surface area contributed by atoms with Crippen molar-refractivity contribution in [1.82, 2.24) is 10.6 Å². The number of halogens is 1. The third kappa shape index (κ3) is 7.74. The maximum absolute atomic E-state index is 12.7. The molecule has 3 amide bonds. The number of ether oxygens (including phenoxy) is 1. The molecule has 3 rings (SSSR count). The van der Waals surface area contributed by atoms with E-state index in [0.717, 1.165) is 25.7 Å². The number of amides is 3. The molecule has 8 nitrogen and oxygen atoms in total. The predicted molar refractivity (Wildman–Crippen MR) is 134 cm³/mol. The first-order chi connectivity index (χ1) is 16.5. The molecule has 0 spiro atoms. The summed E-state index contributed by atoms with van der Waals surface area (Å²) in [7, 11) is 1.57. The minimum Gasteiger partial charge on any atom is -0.383 e. The largest absolute Gasteiger partial charge is 0.383 e. The van der Waals surface area contributed by atoms with Gasteiger partial charge in [-0.2, -0.15) is 0 Å². The summed E-state index contributed by atoms with van der Waals surface area (Å²) >= 11 is 6.24. The second-order valence-electron chi connectivity index (χ2n) is 8.23. The molecular weight excluding hydrogens is 456 g/mol. The molecule has 1 fully saturated rings. The maximum Gasteiger partial charge on any atom is 0.253 e. The van der Waals surface area contributed by atoms with Crippen molar-refractivity contribution in [2.75, 3.05) is 37.4 Å². The molecule has 182 valence electrons. The molecule has 0 unspecified atom stereocenters. The van der Waals surface area contributed by atoms with Crippen LogP contribution in [0.5, 0.6) is 0 Å². The Bertz CT molecular complexity index is 1010. The number of anilines is 2. The molecule has 0 aliphatic heterocycles. The number of benzene rings is 2. The first kappa shape index (κ1) is 25.5. The third-order valence-electron chi connectivity index (χ3n) is 5.60. The van der Waals surface area contributed by atoms with Gasteiger partial charge in [0.05, 0.1) is 23.7 Å². The molecule has 0 aromatic heterocycles. The summed E-state index contributed by atoms with van der Waals surface area (Å²) < 4.78 is 4.93. The molecule has 2 aromatic carbocycles. The van der Waals surface area contributed by atoms with Crippen molar-refractivity contribution in [3.8, 4) is 0 Å². The van der Waals surface area contributed by atoms with Crippen LogP contribution in [0.4, 0.5) is 11.4 Å². The van der Waals surface area contributed by atoms with E-state index in [-0.39, 0.29) is 30.3 Å². The Balaban J connectivity index is 1.54. The van der Waals surface area contributed by atoms with Crippen LogP contribution in [0.25, 0.3) is 0 Å². The van der Waals surface area contributed by atoms with Gasteiger partial charge in [0.25, 0.3) is 11.8 Å². The molecular formula is C25H31ClN4O4. The summed E-state index contributed by atoms with van der Waals surface area (Å²) in [4.78, 5) is 37.3. The minimum atomic E-state index is -0.295. The van der Waals surface area contributed by atoms with Crippen LogP contribution < -0.4 is 21.3 Å². The monoisotopic (exact) mass is 486 g/mol. The molecule has 4 N–H and O–H groups in total. The third-order valence-corrected chi connectivity index (χ3v) is 5.93. The Morgan fingerprint density at radius 3 is 2.56 bits per heavy atom. The molecule has 0 heterocycles. The Hall–Kier alpha value is -3.10.